The molecule has 11 heavy (non-hydrogen) atoms. The Labute approximate surface area is 84.5 Å². The normalized spacial score (nSPS) is 10.1. The van der Waals surface area contributed by atoms with Gasteiger partial charge in [-0.05, 0) is 41.3 Å². The Morgan fingerprint density at radius 1 is 1.64 bits per heavy atom. The van der Waals surface area contributed by atoms with Gasteiger partial charge in [-0.15, -0.1) is 0 Å². The Hall–Kier alpha value is 0.130. The van der Waals surface area contributed by atoms with E-state index in [9.17, 15) is 0 Å². The lowest BCUT2D eigenvalue weighted by atomic mass is 10.3. The van der Waals surface area contributed by atoms with Gasteiger partial charge in [-0.25, -0.2) is 4.98 Å². The fourth-order valence-corrected chi connectivity index (χ4v) is 1.68. The minimum absolute atomic E-state index is 0.550. The van der Waals surface area contributed by atoms with Crippen LogP contribution in [-0.2, 0) is 6.54 Å². The zero-order valence-corrected chi connectivity index (χ0v) is 8.98. The van der Waals surface area contributed by atoms with Crippen molar-refractivity contribution in [3.63, 3.8) is 0 Å². The van der Waals surface area contributed by atoms with Crippen LogP contribution < -0.4 is 5.32 Å². The zero-order chi connectivity index (χ0) is 8.27. The molecule has 0 amide bonds. The third-order valence-corrected chi connectivity index (χ3v) is 2.40. The summed E-state index contributed by atoms with van der Waals surface area (Å²) < 4.78 is 0.962. The predicted octanol–water partition coefficient (Wildman–Crippen LogP) is 2.06. The number of pyridine rings is 1. The minimum Gasteiger partial charge on any atom is -0.316 e. The molecule has 1 heterocycles. The van der Waals surface area contributed by atoms with Crippen LogP contribution >= 0.6 is 34.2 Å². The van der Waals surface area contributed by atoms with Crippen LogP contribution in [-0.4, -0.2) is 12.0 Å². The molecular formula is C7H8ClIN2. The van der Waals surface area contributed by atoms with Gasteiger partial charge in [-0.1, -0.05) is 17.7 Å². The molecule has 60 valence electrons. The van der Waals surface area contributed by atoms with Crippen LogP contribution in [0.1, 0.15) is 5.56 Å². The number of aromatic nitrogens is 1. The maximum atomic E-state index is 5.68. The summed E-state index contributed by atoms with van der Waals surface area (Å²) in [4.78, 5) is 4.10. The average molecular weight is 283 g/mol. The summed E-state index contributed by atoms with van der Waals surface area (Å²) >= 11 is 7.85. The highest BCUT2D eigenvalue weighted by Crippen LogP contribution is 2.13. The van der Waals surface area contributed by atoms with Gasteiger partial charge >= 0.3 is 0 Å². The van der Waals surface area contributed by atoms with E-state index < -0.39 is 0 Å². The molecule has 0 spiro atoms. The van der Waals surface area contributed by atoms with E-state index in [-0.39, 0.29) is 0 Å². The van der Waals surface area contributed by atoms with E-state index in [2.05, 4.69) is 32.9 Å². The first-order valence-corrected chi connectivity index (χ1v) is 4.65. The predicted molar refractivity (Wildman–Crippen MR) is 54.7 cm³/mol. The standard InChI is InChI=1S/C7H8ClIN2/c1-10-4-5-2-3-6(8)11-7(5)9/h2-3,10H,4H2,1H3. The number of halogens is 2. The smallest absolute Gasteiger partial charge is 0.130 e. The van der Waals surface area contributed by atoms with Crippen LogP contribution in [0, 0.1) is 3.70 Å². The molecule has 0 saturated carbocycles. The van der Waals surface area contributed by atoms with Gasteiger partial charge < -0.3 is 5.32 Å². The number of rotatable bonds is 2. The molecule has 0 aliphatic heterocycles. The molecule has 1 N–H and O–H groups in total. The quantitative estimate of drug-likeness (QED) is 0.663. The Morgan fingerprint density at radius 2 is 2.36 bits per heavy atom. The molecule has 1 rings (SSSR count). The van der Waals surface area contributed by atoms with Gasteiger partial charge in [-0.2, -0.15) is 0 Å². The fraction of sp³-hybridized carbons (Fsp3) is 0.286. The van der Waals surface area contributed by atoms with Crippen LogP contribution in [0.4, 0.5) is 0 Å². The molecule has 0 saturated heterocycles. The van der Waals surface area contributed by atoms with Crippen molar-refractivity contribution < 1.29 is 0 Å². The first-order valence-electron chi connectivity index (χ1n) is 3.19. The molecule has 1 aromatic rings. The number of hydrogen-bond donors (Lipinski definition) is 1. The van der Waals surface area contributed by atoms with Crippen molar-refractivity contribution in [2.75, 3.05) is 7.05 Å². The summed E-state index contributed by atoms with van der Waals surface area (Å²) in [5, 5.41) is 3.61. The summed E-state index contributed by atoms with van der Waals surface area (Å²) in [6.07, 6.45) is 0. The van der Waals surface area contributed by atoms with E-state index in [4.69, 9.17) is 11.6 Å². The monoisotopic (exact) mass is 282 g/mol. The van der Waals surface area contributed by atoms with Crippen LogP contribution in [0.25, 0.3) is 0 Å². The van der Waals surface area contributed by atoms with E-state index in [0.29, 0.717) is 5.15 Å². The molecule has 0 atom stereocenters. The number of hydrogen-bond acceptors (Lipinski definition) is 2. The van der Waals surface area contributed by atoms with Gasteiger partial charge in [0.1, 0.15) is 8.85 Å². The SMILES string of the molecule is CNCc1ccc(Cl)nc1I. The number of nitrogens with one attached hydrogen (secondary N) is 1. The lowest BCUT2D eigenvalue weighted by Gasteiger charge is -2.01. The molecule has 0 unspecified atom stereocenters. The second kappa shape index (κ2) is 4.23. The van der Waals surface area contributed by atoms with Gasteiger partial charge in [0.2, 0.25) is 0 Å². The first-order chi connectivity index (χ1) is 5.24. The minimum atomic E-state index is 0.550. The topological polar surface area (TPSA) is 24.9 Å². The summed E-state index contributed by atoms with van der Waals surface area (Å²) in [5.41, 5.74) is 1.18. The average Bonchev–Trinajstić information content (AvgIpc) is 1.95. The highest BCUT2D eigenvalue weighted by molar-refractivity contribution is 14.1. The molecule has 0 radical (unpaired) electrons. The summed E-state index contributed by atoms with van der Waals surface area (Å²) in [6, 6.07) is 3.78. The van der Waals surface area contributed by atoms with Crippen LogP contribution in [0.3, 0.4) is 0 Å². The van der Waals surface area contributed by atoms with Crippen molar-refractivity contribution in [1.82, 2.24) is 10.3 Å². The Balaban J connectivity index is 2.90. The zero-order valence-electron chi connectivity index (χ0n) is 6.06. The van der Waals surface area contributed by atoms with E-state index in [1.54, 1.807) is 6.07 Å². The lowest BCUT2D eigenvalue weighted by Crippen LogP contribution is -2.07. The molecule has 1 aromatic heterocycles. The van der Waals surface area contributed by atoms with Gasteiger partial charge in [0.05, 0.1) is 0 Å². The molecular weight excluding hydrogens is 274 g/mol. The van der Waals surface area contributed by atoms with Crippen LogP contribution in [0.5, 0.6) is 0 Å². The highest BCUT2D eigenvalue weighted by atomic mass is 127. The summed E-state index contributed by atoms with van der Waals surface area (Å²) in [5.74, 6) is 0. The van der Waals surface area contributed by atoms with Crippen LogP contribution in [0.15, 0.2) is 12.1 Å². The largest absolute Gasteiger partial charge is 0.316 e. The van der Waals surface area contributed by atoms with Gasteiger partial charge in [0.25, 0.3) is 0 Å². The van der Waals surface area contributed by atoms with Gasteiger partial charge in [0.15, 0.2) is 0 Å². The Bertz CT molecular complexity index is 252. The van der Waals surface area contributed by atoms with E-state index in [0.717, 1.165) is 10.2 Å². The second-order valence-electron chi connectivity index (χ2n) is 2.11. The Morgan fingerprint density at radius 3 is 2.91 bits per heavy atom. The second-order valence-corrected chi connectivity index (χ2v) is 3.52. The van der Waals surface area contributed by atoms with Crippen molar-refractivity contribution in [3.8, 4) is 0 Å². The van der Waals surface area contributed by atoms with Crippen molar-refractivity contribution in [3.05, 3.63) is 26.5 Å². The summed E-state index contributed by atoms with van der Waals surface area (Å²) in [7, 11) is 1.91. The summed E-state index contributed by atoms with van der Waals surface area (Å²) in [6.45, 7) is 0.836. The number of nitrogens with zero attached hydrogens (tertiary/aromatic N) is 1. The maximum absolute atomic E-state index is 5.68. The highest BCUT2D eigenvalue weighted by Gasteiger charge is 1.99. The van der Waals surface area contributed by atoms with E-state index in [1.165, 1.54) is 5.56 Å². The van der Waals surface area contributed by atoms with Crippen molar-refractivity contribution >= 4 is 34.2 Å². The molecule has 2 nitrogen and oxygen atoms in total. The van der Waals surface area contributed by atoms with E-state index >= 15 is 0 Å². The fourth-order valence-electron chi connectivity index (χ4n) is 0.763. The van der Waals surface area contributed by atoms with Crippen molar-refractivity contribution in [2.24, 2.45) is 0 Å². The molecule has 0 aromatic carbocycles. The molecule has 4 heteroatoms. The third kappa shape index (κ3) is 2.57. The van der Waals surface area contributed by atoms with Crippen molar-refractivity contribution in [2.45, 2.75) is 6.54 Å². The molecule has 0 aliphatic rings. The maximum Gasteiger partial charge on any atom is 0.130 e. The van der Waals surface area contributed by atoms with Crippen LogP contribution in [0.2, 0.25) is 5.15 Å². The third-order valence-electron chi connectivity index (χ3n) is 1.26. The molecule has 0 aliphatic carbocycles. The van der Waals surface area contributed by atoms with Crippen molar-refractivity contribution in [1.29, 1.82) is 0 Å². The molecule has 0 bridgehead atoms. The molecule has 0 fully saturated rings. The van der Waals surface area contributed by atoms with Gasteiger partial charge in [-0.3, -0.25) is 0 Å². The van der Waals surface area contributed by atoms with E-state index in [1.807, 2.05) is 13.1 Å². The Kier molecular flexibility index (Phi) is 3.54. The first kappa shape index (κ1) is 9.22. The van der Waals surface area contributed by atoms with Gasteiger partial charge in [0, 0.05) is 6.54 Å². The lowest BCUT2D eigenvalue weighted by molar-refractivity contribution is 0.807.